The van der Waals surface area contributed by atoms with E-state index in [9.17, 15) is 0 Å². The van der Waals surface area contributed by atoms with Crippen LogP contribution in [-0.2, 0) is 6.54 Å². The fourth-order valence-corrected chi connectivity index (χ4v) is 2.31. The van der Waals surface area contributed by atoms with E-state index < -0.39 is 0 Å². The van der Waals surface area contributed by atoms with Gasteiger partial charge in [-0.15, -0.1) is 5.10 Å². The van der Waals surface area contributed by atoms with Gasteiger partial charge in [0, 0.05) is 17.6 Å². The van der Waals surface area contributed by atoms with E-state index in [1.165, 1.54) is 24.6 Å². The highest BCUT2D eigenvalue weighted by Crippen LogP contribution is 2.37. The number of pyridine rings is 1. The van der Waals surface area contributed by atoms with Crippen LogP contribution >= 0.6 is 11.8 Å². The molecule has 0 bridgehead atoms. The molecule has 0 atom stereocenters. The van der Waals surface area contributed by atoms with Gasteiger partial charge in [0.25, 0.3) is 0 Å². The molecule has 2 N–H and O–H groups in total. The Morgan fingerprint density at radius 2 is 2.29 bits per heavy atom. The van der Waals surface area contributed by atoms with Crippen molar-refractivity contribution < 1.29 is 0 Å². The lowest BCUT2D eigenvalue weighted by Crippen LogP contribution is -2.00. The van der Waals surface area contributed by atoms with Crippen molar-refractivity contribution in [1.82, 2.24) is 25.2 Å². The highest BCUT2D eigenvalue weighted by Gasteiger charge is 2.28. The molecule has 0 amide bonds. The summed E-state index contributed by atoms with van der Waals surface area (Å²) in [5.41, 5.74) is 6.39. The highest BCUT2D eigenvalue weighted by molar-refractivity contribution is 7.99. The van der Waals surface area contributed by atoms with Crippen LogP contribution in [-0.4, -0.2) is 25.2 Å². The highest BCUT2D eigenvalue weighted by atomic mass is 32.2. The lowest BCUT2D eigenvalue weighted by molar-refractivity contribution is 0.565. The van der Waals surface area contributed by atoms with Crippen molar-refractivity contribution in [2.45, 2.75) is 35.5 Å². The molecule has 6 nitrogen and oxygen atoms in total. The molecule has 17 heavy (non-hydrogen) atoms. The summed E-state index contributed by atoms with van der Waals surface area (Å²) in [5, 5.41) is 12.6. The van der Waals surface area contributed by atoms with Gasteiger partial charge in [0.15, 0.2) is 0 Å². The van der Waals surface area contributed by atoms with E-state index in [1.54, 1.807) is 6.20 Å². The fraction of sp³-hybridized carbons (Fsp3) is 0.400. The van der Waals surface area contributed by atoms with Crippen LogP contribution in [0.15, 0.2) is 28.4 Å². The predicted octanol–water partition coefficient (Wildman–Crippen LogP) is 1.01. The smallest absolute Gasteiger partial charge is 0.214 e. The Morgan fingerprint density at radius 3 is 2.94 bits per heavy atom. The summed E-state index contributed by atoms with van der Waals surface area (Å²) in [6.45, 7) is 0.463. The van der Waals surface area contributed by atoms with Crippen LogP contribution in [0.2, 0.25) is 0 Å². The van der Waals surface area contributed by atoms with Gasteiger partial charge in [0.1, 0.15) is 0 Å². The molecule has 3 rings (SSSR count). The van der Waals surface area contributed by atoms with E-state index in [1.807, 2.05) is 16.8 Å². The number of tetrazole rings is 1. The van der Waals surface area contributed by atoms with Gasteiger partial charge in [-0.1, -0.05) is 0 Å². The van der Waals surface area contributed by atoms with Gasteiger partial charge in [0.05, 0.1) is 11.7 Å². The molecule has 7 heteroatoms. The average molecular weight is 248 g/mol. The van der Waals surface area contributed by atoms with E-state index in [4.69, 9.17) is 5.73 Å². The molecular weight excluding hydrogens is 236 g/mol. The van der Waals surface area contributed by atoms with E-state index in [0.717, 1.165) is 15.7 Å². The third-order valence-corrected chi connectivity index (χ3v) is 3.50. The molecule has 2 aromatic heterocycles. The van der Waals surface area contributed by atoms with Crippen molar-refractivity contribution in [1.29, 1.82) is 0 Å². The molecule has 1 aliphatic carbocycles. The zero-order valence-electron chi connectivity index (χ0n) is 9.15. The van der Waals surface area contributed by atoms with Crippen LogP contribution in [0.5, 0.6) is 0 Å². The van der Waals surface area contributed by atoms with Crippen molar-refractivity contribution in [2.75, 3.05) is 0 Å². The largest absolute Gasteiger partial charge is 0.325 e. The van der Waals surface area contributed by atoms with E-state index in [-0.39, 0.29) is 0 Å². The normalized spacial score (nSPS) is 15.1. The van der Waals surface area contributed by atoms with Crippen molar-refractivity contribution in [3.8, 4) is 0 Å². The maximum atomic E-state index is 5.50. The molecule has 0 radical (unpaired) electrons. The third-order valence-electron chi connectivity index (χ3n) is 2.57. The van der Waals surface area contributed by atoms with Crippen molar-refractivity contribution in [3.63, 3.8) is 0 Å². The van der Waals surface area contributed by atoms with Crippen LogP contribution in [0.1, 0.15) is 24.6 Å². The van der Waals surface area contributed by atoms with Gasteiger partial charge >= 0.3 is 0 Å². The Kier molecular flexibility index (Phi) is 2.77. The predicted molar refractivity (Wildman–Crippen MR) is 62.3 cm³/mol. The summed E-state index contributed by atoms with van der Waals surface area (Å²) in [6.07, 6.45) is 4.14. The molecule has 0 saturated heterocycles. The second kappa shape index (κ2) is 4.42. The molecule has 0 unspecified atom stereocenters. The van der Waals surface area contributed by atoms with E-state index in [2.05, 4.69) is 20.5 Å². The summed E-state index contributed by atoms with van der Waals surface area (Å²) >= 11 is 1.53. The number of nitrogens with zero attached hydrogens (tertiary/aromatic N) is 5. The zero-order chi connectivity index (χ0) is 11.7. The van der Waals surface area contributed by atoms with E-state index in [0.29, 0.717) is 12.6 Å². The molecule has 0 aliphatic heterocycles. The minimum Gasteiger partial charge on any atom is -0.325 e. The topological polar surface area (TPSA) is 82.5 Å². The van der Waals surface area contributed by atoms with Gasteiger partial charge in [-0.25, -0.2) is 4.68 Å². The minimum absolute atomic E-state index is 0.463. The molecule has 88 valence electrons. The molecule has 0 aromatic carbocycles. The summed E-state index contributed by atoms with van der Waals surface area (Å²) in [5.74, 6) is 0. The first-order chi connectivity index (χ1) is 8.36. The number of nitrogens with two attached hydrogens (primary N) is 1. The summed E-state index contributed by atoms with van der Waals surface area (Å²) in [4.78, 5) is 5.27. The fourth-order valence-electron chi connectivity index (χ4n) is 1.50. The third kappa shape index (κ3) is 2.29. The van der Waals surface area contributed by atoms with Crippen molar-refractivity contribution >= 4 is 11.8 Å². The Morgan fingerprint density at radius 1 is 1.41 bits per heavy atom. The summed E-state index contributed by atoms with van der Waals surface area (Å²) in [6, 6.07) is 4.41. The Labute approximate surface area is 103 Å². The van der Waals surface area contributed by atoms with Crippen molar-refractivity contribution in [2.24, 2.45) is 5.73 Å². The first-order valence-corrected chi connectivity index (χ1v) is 6.29. The molecule has 2 heterocycles. The van der Waals surface area contributed by atoms with Crippen molar-refractivity contribution in [3.05, 3.63) is 24.0 Å². The zero-order valence-corrected chi connectivity index (χ0v) is 9.97. The maximum absolute atomic E-state index is 5.50. The van der Waals surface area contributed by atoms with Crippen LogP contribution in [0, 0.1) is 0 Å². The second-order valence-electron chi connectivity index (χ2n) is 3.93. The second-order valence-corrected chi connectivity index (χ2v) is 4.97. The van der Waals surface area contributed by atoms with Crippen LogP contribution in [0.25, 0.3) is 0 Å². The average Bonchev–Trinajstić information content (AvgIpc) is 3.11. The van der Waals surface area contributed by atoms with Crippen LogP contribution in [0.4, 0.5) is 0 Å². The number of rotatable bonds is 4. The van der Waals surface area contributed by atoms with Crippen LogP contribution in [0.3, 0.4) is 0 Å². The number of hydrogen-bond donors (Lipinski definition) is 1. The monoisotopic (exact) mass is 248 g/mol. The molecule has 0 spiro atoms. The van der Waals surface area contributed by atoms with Gasteiger partial charge in [-0.05, 0) is 47.2 Å². The first-order valence-electron chi connectivity index (χ1n) is 5.47. The van der Waals surface area contributed by atoms with Gasteiger partial charge in [-0.2, -0.15) is 0 Å². The SMILES string of the molecule is NCc1ccc(Sc2nnnn2C2CC2)cn1. The molecule has 1 aliphatic rings. The number of aromatic nitrogens is 5. The minimum atomic E-state index is 0.463. The Hall–Kier alpha value is -1.47. The number of hydrogen-bond acceptors (Lipinski definition) is 6. The van der Waals surface area contributed by atoms with Gasteiger partial charge < -0.3 is 5.73 Å². The van der Waals surface area contributed by atoms with Gasteiger partial charge in [-0.3, -0.25) is 4.98 Å². The molecule has 1 fully saturated rings. The molecule has 2 aromatic rings. The van der Waals surface area contributed by atoms with E-state index >= 15 is 0 Å². The first kappa shape index (κ1) is 10.7. The van der Waals surface area contributed by atoms with Gasteiger partial charge in [0.2, 0.25) is 5.16 Å². The maximum Gasteiger partial charge on any atom is 0.214 e. The molecule has 1 saturated carbocycles. The standard InChI is InChI=1S/C10H12N6S/c11-5-7-1-4-9(6-12-7)17-10-13-14-15-16(10)8-2-3-8/h1,4,6,8H,2-3,5,11H2. The Bertz CT molecular complexity index is 504. The lowest BCUT2D eigenvalue weighted by Gasteiger charge is -2.02. The van der Waals surface area contributed by atoms with Crippen LogP contribution < -0.4 is 5.73 Å². The lowest BCUT2D eigenvalue weighted by atomic mass is 10.4. The molecular formula is C10H12N6S. The Balaban J connectivity index is 1.78. The summed E-state index contributed by atoms with van der Waals surface area (Å²) in [7, 11) is 0. The summed E-state index contributed by atoms with van der Waals surface area (Å²) < 4.78 is 1.89. The quantitative estimate of drug-likeness (QED) is 0.869.